The zero-order valence-electron chi connectivity index (χ0n) is 10.3. The lowest BCUT2D eigenvalue weighted by atomic mass is 10.0. The summed E-state index contributed by atoms with van der Waals surface area (Å²) in [5.74, 6) is -0.168. The van der Waals surface area contributed by atoms with Crippen LogP contribution in [0.5, 0.6) is 0 Å². The SMILES string of the molecule is COC(=O)Cc1ccccc1CN1CCCC1. The van der Waals surface area contributed by atoms with E-state index in [9.17, 15) is 4.79 Å². The van der Waals surface area contributed by atoms with Crippen molar-refractivity contribution >= 4 is 5.97 Å². The average molecular weight is 233 g/mol. The molecule has 1 aromatic carbocycles. The summed E-state index contributed by atoms with van der Waals surface area (Å²) < 4.78 is 4.73. The van der Waals surface area contributed by atoms with Gasteiger partial charge in [0.05, 0.1) is 13.5 Å². The van der Waals surface area contributed by atoms with Gasteiger partial charge in [0.25, 0.3) is 0 Å². The Bertz CT molecular complexity index is 384. The van der Waals surface area contributed by atoms with Crippen LogP contribution in [0.25, 0.3) is 0 Å². The van der Waals surface area contributed by atoms with E-state index in [2.05, 4.69) is 11.0 Å². The average Bonchev–Trinajstić information content (AvgIpc) is 2.84. The number of ether oxygens (including phenoxy) is 1. The number of hydrogen-bond acceptors (Lipinski definition) is 3. The van der Waals surface area contributed by atoms with Gasteiger partial charge in [0.1, 0.15) is 0 Å². The molecular formula is C14H19NO2. The van der Waals surface area contributed by atoms with Crippen LogP contribution < -0.4 is 0 Å². The molecule has 0 N–H and O–H groups in total. The Morgan fingerprint density at radius 3 is 2.53 bits per heavy atom. The van der Waals surface area contributed by atoms with Crippen molar-refractivity contribution in [3.8, 4) is 0 Å². The highest BCUT2D eigenvalue weighted by Gasteiger charge is 2.14. The molecule has 0 unspecified atom stereocenters. The summed E-state index contributed by atoms with van der Waals surface area (Å²) in [4.78, 5) is 13.8. The van der Waals surface area contributed by atoms with Crippen molar-refractivity contribution in [2.24, 2.45) is 0 Å². The fourth-order valence-corrected chi connectivity index (χ4v) is 2.29. The highest BCUT2D eigenvalue weighted by molar-refractivity contribution is 5.72. The van der Waals surface area contributed by atoms with Gasteiger partial charge in [-0.05, 0) is 37.1 Å². The molecule has 1 aliphatic rings. The fourth-order valence-electron chi connectivity index (χ4n) is 2.29. The predicted molar refractivity (Wildman–Crippen MR) is 66.7 cm³/mol. The van der Waals surface area contributed by atoms with Crippen LogP contribution in [0.2, 0.25) is 0 Å². The Morgan fingerprint density at radius 2 is 1.88 bits per heavy atom. The molecule has 3 heteroatoms. The maximum absolute atomic E-state index is 11.3. The summed E-state index contributed by atoms with van der Waals surface area (Å²) in [5.41, 5.74) is 2.34. The molecule has 0 radical (unpaired) electrons. The largest absolute Gasteiger partial charge is 0.469 e. The molecule has 0 spiro atoms. The normalized spacial score (nSPS) is 16.1. The topological polar surface area (TPSA) is 29.5 Å². The second-order valence-corrected chi connectivity index (χ2v) is 4.50. The molecule has 1 heterocycles. The Labute approximate surface area is 102 Å². The lowest BCUT2D eigenvalue weighted by Gasteiger charge is -2.17. The number of benzene rings is 1. The number of likely N-dealkylation sites (tertiary alicyclic amines) is 1. The number of carbonyl (C=O) groups is 1. The lowest BCUT2D eigenvalue weighted by molar-refractivity contribution is -0.139. The predicted octanol–water partition coefficient (Wildman–Crippen LogP) is 2.00. The molecule has 1 aliphatic heterocycles. The van der Waals surface area contributed by atoms with Crippen molar-refractivity contribution < 1.29 is 9.53 Å². The second kappa shape index (κ2) is 5.82. The molecule has 1 saturated heterocycles. The molecule has 0 atom stereocenters. The van der Waals surface area contributed by atoms with Gasteiger partial charge in [-0.25, -0.2) is 0 Å². The monoisotopic (exact) mass is 233 g/mol. The van der Waals surface area contributed by atoms with Crippen LogP contribution in [0.15, 0.2) is 24.3 Å². The number of carbonyl (C=O) groups excluding carboxylic acids is 1. The summed E-state index contributed by atoms with van der Waals surface area (Å²) in [6.45, 7) is 3.30. The van der Waals surface area contributed by atoms with E-state index in [1.165, 1.54) is 38.6 Å². The number of esters is 1. The van der Waals surface area contributed by atoms with Crippen molar-refractivity contribution in [3.63, 3.8) is 0 Å². The van der Waals surface area contributed by atoms with Crippen molar-refractivity contribution in [2.45, 2.75) is 25.8 Å². The Balaban J connectivity index is 2.06. The van der Waals surface area contributed by atoms with E-state index >= 15 is 0 Å². The molecule has 1 aromatic rings. The molecule has 17 heavy (non-hydrogen) atoms. The van der Waals surface area contributed by atoms with E-state index in [1.807, 2.05) is 18.2 Å². The fraction of sp³-hybridized carbons (Fsp3) is 0.500. The Kier molecular flexibility index (Phi) is 4.15. The molecule has 92 valence electrons. The first kappa shape index (κ1) is 12.1. The van der Waals surface area contributed by atoms with Crippen LogP contribution in [0.4, 0.5) is 0 Å². The van der Waals surface area contributed by atoms with Gasteiger partial charge in [0, 0.05) is 6.54 Å². The first-order valence-electron chi connectivity index (χ1n) is 6.15. The molecule has 0 amide bonds. The van der Waals surface area contributed by atoms with Gasteiger partial charge in [-0.15, -0.1) is 0 Å². The van der Waals surface area contributed by atoms with Gasteiger partial charge in [-0.2, -0.15) is 0 Å². The highest BCUT2D eigenvalue weighted by atomic mass is 16.5. The molecule has 0 saturated carbocycles. The van der Waals surface area contributed by atoms with Crippen LogP contribution in [-0.4, -0.2) is 31.1 Å². The van der Waals surface area contributed by atoms with E-state index in [4.69, 9.17) is 4.74 Å². The van der Waals surface area contributed by atoms with Gasteiger partial charge < -0.3 is 4.74 Å². The minimum Gasteiger partial charge on any atom is -0.469 e. The van der Waals surface area contributed by atoms with Gasteiger partial charge in [0.2, 0.25) is 0 Å². The number of hydrogen-bond donors (Lipinski definition) is 0. The van der Waals surface area contributed by atoms with Crippen LogP contribution in [0.3, 0.4) is 0 Å². The minimum atomic E-state index is -0.168. The summed E-state index contributed by atoms with van der Waals surface area (Å²) in [5, 5.41) is 0. The molecule has 2 rings (SSSR count). The maximum atomic E-state index is 11.3. The van der Waals surface area contributed by atoms with Gasteiger partial charge in [0.15, 0.2) is 0 Å². The van der Waals surface area contributed by atoms with Crippen LogP contribution >= 0.6 is 0 Å². The molecule has 1 fully saturated rings. The number of methoxy groups -OCH3 is 1. The standard InChI is InChI=1S/C14H19NO2/c1-17-14(16)10-12-6-2-3-7-13(12)11-15-8-4-5-9-15/h2-3,6-7H,4-5,8-11H2,1H3. The summed E-state index contributed by atoms with van der Waals surface area (Å²) in [7, 11) is 1.44. The van der Waals surface area contributed by atoms with Gasteiger partial charge in [-0.1, -0.05) is 24.3 Å². The van der Waals surface area contributed by atoms with Crippen LogP contribution in [-0.2, 0) is 22.5 Å². The summed E-state index contributed by atoms with van der Waals surface area (Å²) in [6, 6.07) is 8.14. The van der Waals surface area contributed by atoms with E-state index < -0.39 is 0 Å². The van der Waals surface area contributed by atoms with Crippen LogP contribution in [0.1, 0.15) is 24.0 Å². The van der Waals surface area contributed by atoms with Crippen molar-refractivity contribution in [3.05, 3.63) is 35.4 Å². The quantitative estimate of drug-likeness (QED) is 0.745. The zero-order valence-corrected chi connectivity index (χ0v) is 10.3. The Morgan fingerprint density at radius 1 is 1.24 bits per heavy atom. The third-order valence-corrected chi connectivity index (χ3v) is 3.27. The van der Waals surface area contributed by atoms with Gasteiger partial charge in [-0.3, -0.25) is 9.69 Å². The molecule has 0 bridgehead atoms. The second-order valence-electron chi connectivity index (χ2n) is 4.50. The number of nitrogens with zero attached hydrogens (tertiary/aromatic N) is 1. The lowest BCUT2D eigenvalue weighted by Crippen LogP contribution is -2.20. The third kappa shape index (κ3) is 3.30. The highest BCUT2D eigenvalue weighted by Crippen LogP contribution is 2.16. The summed E-state index contributed by atoms with van der Waals surface area (Å²) >= 11 is 0. The van der Waals surface area contributed by atoms with E-state index in [-0.39, 0.29) is 5.97 Å². The zero-order chi connectivity index (χ0) is 12.1. The summed E-state index contributed by atoms with van der Waals surface area (Å²) in [6.07, 6.45) is 2.96. The van der Waals surface area contributed by atoms with Crippen molar-refractivity contribution in [1.29, 1.82) is 0 Å². The van der Waals surface area contributed by atoms with E-state index in [0.29, 0.717) is 6.42 Å². The first-order chi connectivity index (χ1) is 8.29. The van der Waals surface area contributed by atoms with Crippen LogP contribution in [0, 0.1) is 0 Å². The van der Waals surface area contributed by atoms with Crippen molar-refractivity contribution in [1.82, 2.24) is 4.90 Å². The smallest absolute Gasteiger partial charge is 0.309 e. The molecule has 0 aromatic heterocycles. The van der Waals surface area contributed by atoms with Crippen molar-refractivity contribution in [2.75, 3.05) is 20.2 Å². The molecule has 0 aliphatic carbocycles. The molecular weight excluding hydrogens is 214 g/mol. The third-order valence-electron chi connectivity index (χ3n) is 3.27. The Hall–Kier alpha value is -1.35. The van der Waals surface area contributed by atoms with E-state index in [1.54, 1.807) is 0 Å². The van der Waals surface area contributed by atoms with E-state index in [0.717, 1.165) is 12.1 Å². The number of rotatable bonds is 4. The minimum absolute atomic E-state index is 0.168. The first-order valence-corrected chi connectivity index (χ1v) is 6.15. The van der Waals surface area contributed by atoms with Gasteiger partial charge >= 0.3 is 5.97 Å². The molecule has 3 nitrogen and oxygen atoms in total. The maximum Gasteiger partial charge on any atom is 0.309 e.